The molecule has 1 aliphatic carbocycles. The maximum atomic E-state index is 13.5. The van der Waals surface area contributed by atoms with E-state index in [1.165, 1.54) is 12.1 Å². The minimum absolute atomic E-state index is 0.0364. The van der Waals surface area contributed by atoms with Gasteiger partial charge in [-0.2, -0.15) is 0 Å². The molecule has 22 heavy (non-hydrogen) atoms. The first-order valence-corrected chi connectivity index (χ1v) is 8.07. The van der Waals surface area contributed by atoms with Crippen molar-refractivity contribution in [3.05, 3.63) is 24.0 Å². The van der Waals surface area contributed by atoms with Crippen LogP contribution in [0, 0.1) is 11.7 Å². The van der Waals surface area contributed by atoms with Crippen molar-refractivity contribution in [2.75, 3.05) is 18.5 Å². The topological polar surface area (TPSA) is 47.6 Å². The molecule has 2 fully saturated rings. The van der Waals surface area contributed by atoms with Gasteiger partial charge >= 0.3 is 0 Å². The number of amides is 1. The first-order valence-electron chi connectivity index (χ1n) is 8.07. The van der Waals surface area contributed by atoms with Gasteiger partial charge in [-0.15, -0.1) is 0 Å². The lowest BCUT2D eigenvalue weighted by molar-refractivity contribution is -0.119. The fraction of sp³-hybridized carbons (Fsp3) is 0.588. The van der Waals surface area contributed by atoms with Crippen LogP contribution in [0.4, 0.5) is 10.1 Å². The van der Waals surface area contributed by atoms with Crippen LogP contribution >= 0.6 is 0 Å². The Balaban J connectivity index is 1.65. The zero-order chi connectivity index (χ0) is 15.4. The van der Waals surface area contributed by atoms with E-state index in [1.54, 1.807) is 6.07 Å². The average Bonchev–Trinajstić information content (AvgIpc) is 3.20. The van der Waals surface area contributed by atoms with Gasteiger partial charge in [-0.3, -0.25) is 4.79 Å². The van der Waals surface area contributed by atoms with Gasteiger partial charge in [0.2, 0.25) is 5.91 Å². The Labute approximate surface area is 130 Å². The lowest BCUT2D eigenvalue weighted by Crippen LogP contribution is -2.22. The lowest BCUT2D eigenvalue weighted by Gasteiger charge is -2.16. The van der Waals surface area contributed by atoms with Gasteiger partial charge in [0.15, 0.2) is 0 Å². The molecule has 0 spiro atoms. The predicted octanol–water partition coefficient (Wildman–Crippen LogP) is 3.51. The van der Waals surface area contributed by atoms with Gasteiger partial charge in [0.1, 0.15) is 18.2 Å². The Morgan fingerprint density at radius 2 is 2.09 bits per heavy atom. The fourth-order valence-corrected chi connectivity index (χ4v) is 3.11. The molecule has 1 N–H and O–H groups in total. The van der Waals surface area contributed by atoms with Gasteiger partial charge in [-0.05, 0) is 37.8 Å². The van der Waals surface area contributed by atoms with Gasteiger partial charge < -0.3 is 14.8 Å². The van der Waals surface area contributed by atoms with Crippen molar-refractivity contribution < 1.29 is 18.7 Å². The summed E-state index contributed by atoms with van der Waals surface area (Å²) in [5.74, 6) is 0.119. The number of benzene rings is 1. The second kappa shape index (κ2) is 7.09. The number of ether oxygens (including phenoxy) is 2. The van der Waals surface area contributed by atoms with Crippen molar-refractivity contribution in [3.8, 4) is 5.75 Å². The number of nitrogens with one attached hydrogen (secondary N) is 1. The maximum Gasteiger partial charge on any atom is 0.227 e. The molecular formula is C17H22FNO3. The zero-order valence-electron chi connectivity index (χ0n) is 12.6. The quantitative estimate of drug-likeness (QED) is 0.905. The van der Waals surface area contributed by atoms with Gasteiger partial charge in [0.25, 0.3) is 0 Å². The third kappa shape index (κ3) is 3.77. The molecule has 1 atom stereocenters. The highest BCUT2D eigenvalue weighted by atomic mass is 19.1. The van der Waals surface area contributed by atoms with Crippen LogP contribution in [-0.4, -0.2) is 25.2 Å². The van der Waals surface area contributed by atoms with E-state index < -0.39 is 0 Å². The number of carbonyl (C=O) groups excluding carboxylic acids is 1. The summed E-state index contributed by atoms with van der Waals surface area (Å²) in [4.78, 5) is 12.2. The van der Waals surface area contributed by atoms with E-state index in [0.717, 1.165) is 45.1 Å². The summed E-state index contributed by atoms with van der Waals surface area (Å²) in [6, 6.07) is 4.22. The fourth-order valence-electron chi connectivity index (χ4n) is 3.11. The van der Waals surface area contributed by atoms with E-state index >= 15 is 0 Å². The monoisotopic (exact) mass is 307 g/mol. The highest BCUT2D eigenvalue weighted by Gasteiger charge is 2.24. The summed E-state index contributed by atoms with van der Waals surface area (Å²) in [7, 11) is 0. The minimum atomic E-state index is -0.383. The molecule has 1 aromatic rings. The number of hydrogen-bond acceptors (Lipinski definition) is 3. The van der Waals surface area contributed by atoms with Crippen molar-refractivity contribution in [2.24, 2.45) is 5.92 Å². The van der Waals surface area contributed by atoms with E-state index in [2.05, 4.69) is 5.32 Å². The Morgan fingerprint density at radius 1 is 1.27 bits per heavy atom. The predicted molar refractivity (Wildman–Crippen MR) is 81.5 cm³/mol. The number of halogens is 1. The molecule has 4 nitrogen and oxygen atoms in total. The van der Waals surface area contributed by atoms with E-state index in [0.29, 0.717) is 18.0 Å². The average molecular weight is 307 g/mol. The van der Waals surface area contributed by atoms with Gasteiger partial charge in [-0.1, -0.05) is 12.8 Å². The normalized spacial score (nSPS) is 22.0. The number of anilines is 1. The summed E-state index contributed by atoms with van der Waals surface area (Å²) in [5.41, 5.74) is 0.412. The summed E-state index contributed by atoms with van der Waals surface area (Å²) >= 11 is 0. The molecule has 1 aliphatic heterocycles. The second-order valence-corrected chi connectivity index (χ2v) is 6.06. The summed E-state index contributed by atoms with van der Waals surface area (Å²) in [5, 5.41) is 2.82. The molecule has 0 bridgehead atoms. The Kier molecular flexibility index (Phi) is 4.93. The smallest absolute Gasteiger partial charge is 0.227 e. The summed E-state index contributed by atoms with van der Waals surface area (Å²) < 4.78 is 24.7. The SMILES string of the molecule is O=C(Nc1cc(F)ccc1OCC1CCCO1)C1CCCC1. The van der Waals surface area contributed by atoms with Crippen LogP contribution in [0.25, 0.3) is 0 Å². The zero-order valence-corrected chi connectivity index (χ0v) is 12.6. The van der Waals surface area contributed by atoms with Crippen LogP contribution in [0.2, 0.25) is 0 Å². The lowest BCUT2D eigenvalue weighted by atomic mass is 10.1. The molecule has 1 saturated heterocycles. The van der Waals surface area contributed by atoms with Crippen LogP contribution in [0.5, 0.6) is 5.75 Å². The molecule has 120 valence electrons. The molecule has 1 unspecified atom stereocenters. The molecule has 0 aromatic heterocycles. The van der Waals surface area contributed by atoms with Crippen LogP contribution in [0.3, 0.4) is 0 Å². The highest BCUT2D eigenvalue weighted by Crippen LogP contribution is 2.30. The molecule has 0 radical (unpaired) electrons. The Hall–Kier alpha value is -1.62. The molecule has 3 rings (SSSR count). The Bertz CT molecular complexity index is 523. The Morgan fingerprint density at radius 3 is 2.82 bits per heavy atom. The van der Waals surface area contributed by atoms with Gasteiger partial charge in [-0.25, -0.2) is 4.39 Å². The second-order valence-electron chi connectivity index (χ2n) is 6.06. The van der Waals surface area contributed by atoms with Crippen molar-refractivity contribution in [3.63, 3.8) is 0 Å². The van der Waals surface area contributed by atoms with E-state index in [4.69, 9.17) is 9.47 Å². The van der Waals surface area contributed by atoms with Crippen LogP contribution < -0.4 is 10.1 Å². The van der Waals surface area contributed by atoms with Crippen molar-refractivity contribution in [2.45, 2.75) is 44.6 Å². The molecule has 1 amide bonds. The van der Waals surface area contributed by atoms with E-state index in [1.807, 2.05) is 0 Å². The number of hydrogen-bond donors (Lipinski definition) is 1. The highest BCUT2D eigenvalue weighted by molar-refractivity contribution is 5.94. The van der Waals surface area contributed by atoms with Crippen molar-refractivity contribution in [1.82, 2.24) is 0 Å². The molecular weight excluding hydrogens is 285 g/mol. The number of carbonyl (C=O) groups is 1. The maximum absolute atomic E-state index is 13.5. The van der Waals surface area contributed by atoms with Crippen LogP contribution in [0.15, 0.2) is 18.2 Å². The van der Waals surface area contributed by atoms with Crippen molar-refractivity contribution >= 4 is 11.6 Å². The first kappa shape index (κ1) is 15.3. The minimum Gasteiger partial charge on any atom is -0.489 e. The standard InChI is InChI=1S/C17H22FNO3/c18-13-7-8-16(22-11-14-6-3-9-21-14)15(10-13)19-17(20)12-4-1-2-5-12/h7-8,10,12,14H,1-6,9,11H2,(H,19,20). The van der Waals surface area contributed by atoms with Crippen LogP contribution in [-0.2, 0) is 9.53 Å². The largest absolute Gasteiger partial charge is 0.489 e. The van der Waals surface area contributed by atoms with E-state index in [-0.39, 0.29) is 23.7 Å². The molecule has 1 saturated carbocycles. The summed E-state index contributed by atoms with van der Waals surface area (Å²) in [6.07, 6.45) is 6.10. The molecule has 1 heterocycles. The number of rotatable bonds is 5. The van der Waals surface area contributed by atoms with Gasteiger partial charge in [0.05, 0.1) is 11.8 Å². The van der Waals surface area contributed by atoms with E-state index in [9.17, 15) is 9.18 Å². The molecule has 2 aliphatic rings. The first-order chi connectivity index (χ1) is 10.7. The third-order valence-electron chi connectivity index (χ3n) is 4.37. The van der Waals surface area contributed by atoms with Crippen LogP contribution in [0.1, 0.15) is 38.5 Å². The van der Waals surface area contributed by atoms with Crippen molar-refractivity contribution in [1.29, 1.82) is 0 Å². The molecule has 5 heteroatoms. The summed E-state index contributed by atoms with van der Waals surface area (Å²) in [6.45, 7) is 1.20. The van der Waals surface area contributed by atoms with Gasteiger partial charge in [0, 0.05) is 18.6 Å². The molecule has 1 aromatic carbocycles. The third-order valence-corrected chi connectivity index (χ3v) is 4.37.